The molecule has 0 N–H and O–H groups in total. The van der Waals surface area contributed by atoms with Crippen LogP contribution >= 0.6 is 19.5 Å². The Hall–Kier alpha value is -2.12. The summed E-state index contributed by atoms with van der Waals surface area (Å²) in [7, 11) is -1.06. The highest BCUT2D eigenvalue weighted by molar-refractivity contribution is 7.78. The van der Waals surface area contributed by atoms with Crippen molar-refractivity contribution in [3.8, 4) is 12.1 Å². The van der Waals surface area contributed by atoms with Crippen LogP contribution in [0.3, 0.4) is 0 Å². The monoisotopic (exact) mass is 296 g/mol. The van der Waals surface area contributed by atoms with Gasteiger partial charge in [0.25, 0.3) is 0 Å². The van der Waals surface area contributed by atoms with E-state index in [-0.39, 0.29) is 5.57 Å². The average molecular weight is 297 g/mol. The van der Waals surface area contributed by atoms with Crippen molar-refractivity contribution in [3.05, 3.63) is 71.0 Å². The van der Waals surface area contributed by atoms with Gasteiger partial charge in [0.05, 0.1) is 4.77 Å². The van der Waals surface area contributed by atoms with Gasteiger partial charge in [-0.25, -0.2) is 0 Å². The second kappa shape index (κ2) is 6.88. The van der Waals surface area contributed by atoms with Crippen molar-refractivity contribution in [1.82, 2.24) is 0 Å². The maximum atomic E-state index is 9.03. The van der Waals surface area contributed by atoms with E-state index in [0.717, 1.165) is 10.6 Å². The van der Waals surface area contributed by atoms with Crippen LogP contribution in [0.2, 0.25) is 0 Å². The first-order valence-electron chi connectivity index (χ1n) is 5.88. The van der Waals surface area contributed by atoms with E-state index in [0.29, 0.717) is 4.77 Å². The predicted molar refractivity (Wildman–Crippen MR) is 83.2 cm³/mol. The third-order valence-electron chi connectivity index (χ3n) is 2.66. The molecule has 2 nitrogen and oxygen atoms in total. The Bertz CT molecular complexity index is 641. The molecular weight excluding hydrogens is 287 g/mol. The minimum atomic E-state index is -1.06. The van der Waals surface area contributed by atoms with E-state index in [1.54, 1.807) is 0 Å². The zero-order valence-electron chi connectivity index (χ0n) is 10.5. The Labute approximate surface area is 124 Å². The topological polar surface area (TPSA) is 47.6 Å². The molecule has 0 aliphatic carbocycles. The van der Waals surface area contributed by atoms with Crippen LogP contribution < -0.4 is 10.6 Å². The van der Waals surface area contributed by atoms with Crippen molar-refractivity contribution in [2.75, 3.05) is 0 Å². The third-order valence-corrected chi connectivity index (χ3v) is 5.60. The fourth-order valence-electron chi connectivity index (χ4n) is 1.76. The smallest absolute Gasteiger partial charge is 0.149 e. The summed E-state index contributed by atoms with van der Waals surface area (Å²) in [6.07, 6.45) is 0. The number of halogens is 1. The molecule has 0 unspecified atom stereocenters. The molecule has 0 fully saturated rings. The van der Waals surface area contributed by atoms with Gasteiger partial charge in [0.15, 0.2) is 0 Å². The standard InChI is InChI=1S/C16H10ClN2P/c17-16(13(11-18)12-19)20(14-7-3-1-4-8-14)15-9-5-2-6-10-15/h1-10H. The Kier molecular flexibility index (Phi) is 4.91. The van der Waals surface area contributed by atoms with Crippen molar-refractivity contribution >= 4 is 30.1 Å². The molecular formula is C16H10ClN2P. The van der Waals surface area contributed by atoms with Gasteiger partial charge in [0.2, 0.25) is 0 Å². The highest BCUT2D eigenvalue weighted by Gasteiger charge is 2.20. The SMILES string of the molecule is N#CC(C#N)=C(Cl)P(c1ccccc1)c1ccccc1. The Balaban J connectivity index is 2.62. The third kappa shape index (κ3) is 3.06. The summed E-state index contributed by atoms with van der Waals surface area (Å²) < 4.78 is 0.322. The first-order chi connectivity index (χ1) is 9.77. The minimum absolute atomic E-state index is 0.0227. The van der Waals surface area contributed by atoms with Gasteiger partial charge in [-0.3, -0.25) is 0 Å². The zero-order valence-corrected chi connectivity index (χ0v) is 12.1. The van der Waals surface area contributed by atoms with Crippen molar-refractivity contribution in [3.63, 3.8) is 0 Å². The molecule has 4 heteroatoms. The largest absolute Gasteiger partial charge is 0.192 e. The van der Waals surface area contributed by atoms with Crippen LogP contribution in [0.1, 0.15) is 0 Å². The van der Waals surface area contributed by atoms with E-state index in [2.05, 4.69) is 0 Å². The quantitative estimate of drug-likeness (QED) is 0.641. The highest BCUT2D eigenvalue weighted by atomic mass is 35.5. The van der Waals surface area contributed by atoms with Gasteiger partial charge in [-0.05, 0) is 10.6 Å². The normalized spacial score (nSPS) is 9.60. The molecule has 2 aromatic carbocycles. The summed E-state index contributed by atoms with van der Waals surface area (Å²) in [5.74, 6) is 0. The molecule has 2 aromatic rings. The van der Waals surface area contributed by atoms with Crippen molar-refractivity contribution in [1.29, 1.82) is 10.5 Å². The highest BCUT2D eigenvalue weighted by Crippen LogP contribution is 2.46. The molecule has 0 aliphatic rings. The molecule has 0 amide bonds. The molecule has 0 saturated heterocycles. The molecule has 0 atom stereocenters. The number of benzene rings is 2. The zero-order chi connectivity index (χ0) is 14.4. The van der Waals surface area contributed by atoms with Crippen LogP contribution in [-0.2, 0) is 0 Å². The average Bonchev–Trinajstić information content (AvgIpc) is 2.51. The maximum absolute atomic E-state index is 9.03. The van der Waals surface area contributed by atoms with Gasteiger partial charge >= 0.3 is 0 Å². The second-order valence-corrected chi connectivity index (χ2v) is 6.69. The van der Waals surface area contributed by atoms with Gasteiger partial charge in [0.1, 0.15) is 17.7 Å². The lowest BCUT2D eigenvalue weighted by atomic mass is 10.4. The number of hydrogen-bond donors (Lipinski definition) is 0. The number of rotatable bonds is 3. The molecule has 96 valence electrons. The Morgan fingerprint density at radius 2 is 1.20 bits per heavy atom. The number of hydrogen-bond acceptors (Lipinski definition) is 2. The summed E-state index contributed by atoms with van der Waals surface area (Å²) in [6, 6.07) is 23.2. The molecule has 0 aliphatic heterocycles. The first-order valence-corrected chi connectivity index (χ1v) is 7.60. The second-order valence-electron chi connectivity index (χ2n) is 3.90. The molecule has 0 spiro atoms. The van der Waals surface area contributed by atoms with Gasteiger partial charge < -0.3 is 0 Å². The van der Waals surface area contributed by atoms with E-state index >= 15 is 0 Å². The summed E-state index contributed by atoms with van der Waals surface area (Å²) in [4.78, 5) is 0. The number of nitriles is 2. The number of nitrogens with zero attached hydrogens (tertiary/aromatic N) is 2. The first kappa shape index (κ1) is 14.3. The summed E-state index contributed by atoms with van der Waals surface area (Å²) >= 11 is 6.35. The van der Waals surface area contributed by atoms with Crippen LogP contribution in [0.15, 0.2) is 71.0 Å². The lowest BCUT2D eigenvalue weighted by molar-refractivity contribution is 1.46. The van der Waals surface area contributed by atoms with Crippen molar-refractivity contribution in [2.24, 2.45) is 0 Å². The van der Waals surface area contributed by atoms with E-state index in [1.165, 1.54) is 0 Å². The maximum Gasteiger partial charge on any atom is 0.149 e. The molecule has 0 radical (unpaired) electrons. The van der Waals surface area contributed by atoms with Gasteiger partial charge in [-0.2, -0.15) is 10.5 Å². The van der Waals surface area contributed by atoms with E-state index in [9.17, 15) is 0 Å². The Morgan fingerprint density at radius 3 is 1.55 bits per heavy atom. The van der Waals surface area contributed by atoms with Gasteiger partial charge in [0, 0.05) is 7.92 Å². The molecule has 0 aromatic heterocycles. The molecule has 0 heterocycles. The van der Waals surface area contributed by atoms with Crippen LogP contribution in [0.5, 0.6) is 0 Å². The van der Waals surface area contributed by atoms with Crippen LogP contribution in [0.4, 0.5) is 0 Å². The molecule has 0 bridgehead atoms. The molecule has 2 rings (SSSR count). The number of allylic oxidation sites excluding steroid dienone is 1. The minimum Gasteiger partial charge on any atom is -0.192 e. The molecule has 0 saturated carbocycles. The van der Waals surface area contributed by atoms with Gasteiger partial charge in [-0.15, -0.1) is 0 Å². The van der Waals surface area contributed by atoms with E-state index < -0.39 is 7.92 Å². The summed E-state index contributed by atoms with van der Waals surface area (Å²) in [5.41, 5.74) is -0.0227. The summed E-state index contributed by atoms with van der Waals surface area (Å²) in [5, 5.41) is 20.1. The van der Waals surface area contributed by atoms with E-state index in [4.69, 9.17) is 22.1 Å². The van der Waals surface area contributed by atoms with Gasteiger partial charge in [-0.1, -0.05) is 72.3 Å². The Morgan fingerprint density at radius 1 is 0.800 bits per heavy atom. The fraction of sp³-hybridized carbons (Fsp3) is 0. The van der Waals surface area contributed by atoms with Crippen LogP contribution in [0, 0.1) is 22.7 Å². The lowest BCUT2D eigenvalue weighted by Crippen LogP contribution is -2.12. The van der Waals surface area contributed by atoms with Crippen LogP contribution in [0.25, 0.3) is 0 Å². The molecule has 20 heavy (non-hydrogen) atoms. The fourth-order valence-corrected chi connectivity index (χ4v) is 4.44. The van der Waals surface area contributed by atoms with Crippen LogP contribution in [-0.4, -0.2) is 0 Å². The van der Waals surface area contributed by atoms with Crippen molar-refractivity contribution < 1.29 is 0 Å². The van der Waals surface area contributed by atoms with E-state index in [1.807, 2.05) is 72.8 Å². The summed E-state index contributed by atoms with van der Waals surface area (Å²) in [6.45, 7) is 0. The predicted octanol–water partition coefficient (Wildman–Crippen LogP) is 3.62. The van der Waals surface area contributed by atoms with Crippen molar-refractivity contribution in [2.45, 2.75) is 0 Å². The lowest BCUT2D eigenvalue weighted by Gasteiger charge is -2.17.